The zero-order chi connectivity index (χ0) is 16.9. The third-order valence-corrected chi connectivity index (χ3v) is 2.58. The van der Waals surface area contributed by atoms with Gasteiger partial charge in [-0.05, 0) is 5.56 Å². The molecule has 23 heavy (non-hydrogen) atoms. The van der Waals surface area contributed by atoms with Gasteiger partial charge in [0, 0.05) is 31.2 Å². The number of nitrogen functional groups attached to an aromatic ring is 1. The molecule has 1 amide bonds. The molecule has 0 fully saturated rings. The summed E-state index contributed by atoms with van der Waals surface area (Å²) < 4.78 is 40.5. The Kier molecular flexibility index (Phi) is 4.94. The highest BCUT2D eigenvalue weighted by molar-refractivity contribution is 5.96. The maximum Gasteiger partial charge on any atom is 0.422 e. The van der Waals surface area contributed by atoms with Gasteiger partial charge < -0.3 is 15.8 Å². The van der Waals surface area contributed by atoms with Crippen LogP contribution in [0.5, 0.6) is 5.88 Å². The molecule has 0 aliphatic heterocycles. The van der Waals surface area contributed by atoms with Crippen molar-refractivity contribution in [3.05, 3.63) is 42.0 Å². The molecule has 2 aromatic rings. The zero-order valence-electron chi connectivity index (χ0n) is 11.7. The number of ether oxygens (including phenoxy) is 1. The molecule has 122 valence electrons. The van der Waals surface area contributed by atoms with Crippen LogP contribution in [0.4, 0.5) is 19.0 Å². The van der Waals surface area contributed by atoms with Crippen LogP contribution in [-0.4, -0.2) is 33.6 Å². The number of carbonyl (C=O) groups excluding carboxylic acids is 1. The molecular weight excluding hydrogens is 315 g/mol. The van der Waals surface area contributed by atoms with Crippen LogP contribution in [0.1, 0.15) is 16.1 Å². The summed E-state index contributed by atoms with van der Waals surface area (Å²) in [6.07, 6.45) is -0.438. The molecule has 7 nitrogen and oxygen atoms in total. The van der Waals surface area contributed by atoms with E-state index in [0.717, 1.165) is 0 Å². The van der Waals surface area contributed by atoms with E-state index in [1.807, 2.05) is 0 Å². The molecule has 0 saturated heterocycles. The van der Waals surface area contributed by atoms with E-state index in [1.54, 1.807) is 0 Å². The molecule has 0 bridgehead atoms. The Morgan fingerprint density at radius 1 is 1.22 bits per heavy atom. The van der Waals surface area contributed by atoms with Gasteiger partial charge in [0.2, 0.25) is 5.88 Å². The predicted molar refractivity (Wildman–Crippen MR) is 73.4 cm³/mol. The molecule has 0 spiro atoms. The van der Waals surface area contributed by atoms with E-state index in [9.17, 15) is 18.0 Å². The number of nitrogens with one attached hydrogen (secondary N) is 1. The van der Waals surface area contributed by atoms with Crippen LogP contribution in [-0.2, 0) is 6.54 Å². The third-order valence-electron chi connectivity index (χ3n) is 2.58. The monoisotopic (exact) mass is 327 g/mol. The number of hydrogen-bond acceptors (Lipinski definition) is 6. The lowest BCUT2D eigenvalue weighted by Crippen LogP contribution is -2.25. The highest BCUT2D eigenvalue weighted by Gasteiger charge is 2.28. The maximum atomic E-state index is 12.0. The third kappa shape index (κ3) is 5.09. The molecule has 3 N–H and O–H groups in total. The lowest BCUT2D eigenvalue weighted by Gasteiger charge is -2.09. The first-order valence-electron chi connectivity index (χ1n) is 6.34. The fraction of sp³-hybridized carbons (Fsp3) is 0.231. The summed E-state index contributed by atoms with van der Waals surface area (Å²) in [6.45, 7) is -1.32. The summed E-state index contributed by atoms with van der Waals surface area (Å²) in [5, 5.41) is 2.55. The molecule has 0 saturated carbocycles. The smallest absolute Gasteiger partial charge is 0.422 e. The Hall–Kier alpha value is -2.91. The number of carbonyl (C=O) groups is 1. The van der Waals surface area contributed by atoms with E-state index >= 15 is 0 Å². The Morgan fingerprint density at radius 2 is 1.96 bits per heavy atom. The second-order valence-corrected chi connectivity index (χ2v) is 4.38. The van der Waals surface area contributed by atoms with Crippen molar-refractivity contribution >= 4 is 11.7 Å². The Bertz CT molecular complexity index is 676. The van der Waals surface area contributed by atoms with Crippen LogP contribution in [0, 0.1) is 0 Å². The summed E-state index contributed by atoms with van der Waals surface area (Å²) in [5.74, 6) is -0.678. The normalized spacial score (nSPS) is 11.1. The highest BCUT2D eigenvalue weighted by Crippen LogP contribution is 2.17. The molecule has 0 radical (unpaired) electrons. The van der Waals surface area contributed by atoms with Crippen molar-refractivity contribution in [2.45, 2.75) is 12.7 Å². The minimum Gasteiger partial charge on any atom is -0.468 e. The van der Waals surface area contributed by atoms with E-state index in [2.05, 4.69) is 25.0 Å². The van der Waals surface area contributed by atoms with Crippen LogP contribution in [0.15, 0.2) is 30.7 Å². The molecule has 2 aromatic heterocycles. The summed E-state index contributed by atoms with van der Waals surface area (Å²) >= 11 is 0. The summed E-state index contributed by atoms with van der Waals surface area (Å²) in [4.78, 5) is 23.1. The number of anilines is 1. The fourth-order valence-electron chi connectivity index (χ4n) is 1.55. The van der Waals surface area contributed by atoms with Gasteiger partial charge >= 0.3 is 6.18 Å². The molecule has 0 aliphatic carbocycles. The first kappa shape index (κ1) is 16.5. The number of rotatable bonds is 5. The van der Waals surface area contributed by atoms with Crippen LogP contribution in [0.3, 0.4) is 0 Å². The Morgan fingerprint density at radius 3 is 2.57 bits per heavy atom. The number of hydrogen-bond donors (Lipinski definition) is 2. The van der Waals surface area contributed by atoms with Gasteiger partial charge in [-0.2, -0.15) is 13.2 Å². The van der Waals surface area contributed by atoms with E-state index in [4.69, 9.17) is 5.73 Å². The van der Waals surface area contributed by atoms with Crippen LogP contribution in [0.2, 0.25) is 0 Å². The van der Waals surface area contributed by atoms with Gasteiger partial charge in [-0.15, -0.1) is 0 Å². The fourth-order valence-corrected chi connectivity index (χ4v) is 1.55. The summed E-state index contributed by atoms with van der Waals surface area (Å²) in [6, 6.07) is 2.77. The van der Waals surface area contributed by atoms with Gasteiger partial charge in [0.15, 0.2) is 18.1 Å². The lowest BCUT2D eigenvalue weighted by atomic mass is 10.2. The molecular formula is C13H12F3N5O2. The first-order valence-corrected chi connectivity index (χ1v) is 6.34. The molecule has 0 unspecified atom stereocenters. The first-order chi connectivity index (χ1) is 10.8. The molecule has 0 atom stereocenters. The molecule has 10 heteroatoms. The molecule has 0 aromatic carbocycles. The SMILES string of the molecule is Nc1nccnc1C(=O)NCc1ccc(OCC(F)(F)F)nc1. The van der Waals surface area contributed by atoms with Gasteiger partial charge in [0.05, 0.1) is 0 Å². The topological polar surface area (TPSA) is 103 Å². The largest absolute Gasteiger partial charge is 0.468 e. The lowest BCUT2D eigenvalue weighted by molar-refractivity contribution is -0.154. The van der Waals surface area contributed by atoms with E-state index in [-0.39, 0.29) is 23.9 Å². The highest BCUT2D eigenvalue weighted by atomic mass is 19.4. The van der Waals surface area contributed by atoms with E-state index in [0.29, 0.717) is 5.56 Å². The quantitative estimate of drug-likeness (QED) is 0.859. The average Bonchev–Trinajstić information content (AvgIpc) is 2.51. The number of amides is 1. The van der Waals surface area contributed by atoms with Crippen LogP contribution < -0.4 is 15.8 Å². The van der Waals surface area contributed by atoms with Gasteiger partial charge in [-0.25, -0.2) is 15.0 Å². The number of aromatic nitrogens is 3. The number of alkyl halides is 3. The number of nitrogens with two attached hydrogens (primary N) is 1. The average molecular weight is 327 g/mol. The predicted octanol–water partition coefficient (Wildman–Crippen LogP) is 1.32. The Balaban J connectivity index is 1.89. The standard InChI is InChI=1S/C13H12F3N5O2/c14-13(15,16)7-23-9-2-1-8(5-20-9)6-21-12(22)10-11(17)19-4-3-18-10/h1-5H,6-7H2,(H2,17,19)(H,21,22). The van der Waals surface area contributed by atoms with Crippen LogP contribution >= 0.6 is 0 Å². The second kappa shape index (κ2) is 6.90. The van der Waals surface area contributed by atoms with Crippen molar-refractivity contribution in [2.24, 2.45) is 0 Å². The minimum absolute atomic E-state index is 0.000904. The summed E-state index contributed by atoms with van der Waals surface area (Å²) in [5.41, 5.74) is 6.08. The zero-order valence-corrected chi connectivity index (χ0v) is 11.7. The van der Waals surface area contributed by atoms with Gasteiger partial charge in [0.1, 0.15) is 0 Å². The van der Waals surface area contributed by atoms with Crippen molar-refractivity contribution in [3.8, 4) is 5.88 Å². The number of nitrogens with zero attached hydrogens (tertiary/aromatic N) is 3. The Labute approximate surface area is 128 Å². The van der Waals surface area contributed by atoms with Gasteiger partial charge in [0.25, 0.3) is 5.91 Å². The van der Waals surface area contributed by atoms with Crippen molar-refractivity contribution in [2.75, 3.05) is 12.3 Å². The molecule has 2 rings (SSSR count). The van der Waals surface area contributed by atoms with Crippen LogP contribution in [0.25, 0.3) is 0 Å². The number of pyridine rings is 1. The number of halogens is 3. The molecule has 2 heterocycles. The van der Waals surface area contributed by atoms with Crippen molar-refractivity contribution in [1.82, 2.24) is 20.3 Å². The van der Waals surface area contributed by atoms with E-state index in [1.165, 1.54) is 30.7 Å². The van der Waals surface area contributed by atoms with E-state index < -0.39 is 18.7 Å². The summed E-state index contributed by atoms with van der Waals surface area (Å²) in [7, 11) is 0. The minimum atomic E-state index is -4.43. The van der Waals surface area contributed by atoms with Gasteiger partial charge in [-0.1, -0.05) is 6.07 Å². The maximum absolute atomic E-state index is 12.0. The van der Waals surface area contributed by atoms with Gasteiger partial charge in [-0.3, -0.25) is 4.79 Å². The molecule has 0 aliphatic rings. The van der Waals surface area contributed by atoms with Crippen molar-refractivity contribution in [1.29, 1.82) is 0 Å². The second-order valence-electron chi connectivity index (χ2n) is 4.38. The van der Waals surface area contributed by atoms with Crippen molar-refractivity contribution < 1.29 is 22.7 Å². The van der Waals surface area contributed by atoms with Crippen molar-refractivity contribution in [3.63, 3.8) is 0 Å².